The van der Waals surface area contributed by atoms with Crippen LogP contribution in [0.2, 0.25) is 0 Å². The summed E-state index contributed by atoms with van der Waals surface area (Å²) >= 11 is 3.26. The van der Waals surface area contributed by atoms with Gasteiger partial charge in [-0.1, -0.05) is 0 Å². The zero-order valence-electron chi connectivity index (χ0n) is 11.5. The summed E-state index contributed by atoms with van der Waals surface area (Å²) in [5.41, 5.74) is 1.34. The first kappa shape index (κ1) is 13.9. The highest BCUT2D eigenvalue weighted by molar-refractivity contribution is 7.11. The summed E-state index contributed by atoms with van der Waals surface area (Å²) in [7, 11) is 1.65. The summed E-state index contributed by atoms with van der Waals surface area (Å²) in [6.07, 6.45) is 5.95. The molecule has 2 heterocycles. The fourth-order valence-electron chi connectivity index (χ4n) is 2.30. The summed E-state index contributed by atoms with van der Waals surface area (Å²) in [4.78, 5) is 10.6. The first-order valence-corrected chi connectivity index (χ1v) is 8.47. The number of nitrogens with one attached hydrogen (secondary N) is 1. The van der Waals surface area contributed by atoms with Crippen LogP contribution in [0.5, 0.6) is 0 Å². The van der Waals surface area contributed by atoms with Crippen LogP contribution >= 0.6 is 22.9 Å². The molecule has 0 amide bonds. The molecule has 20 heavy (non-hydrogen) atoms. The van der Waals surface area contributed by atoms with Crippen molar-refractivity contribution in [1.29, 1.82) is 0 Å². The number of rotatable bonds is 6. The van der Waals surface area contributed by atoms with Gasteiger partial charge in [0.25, 0.3) is 0 Å². The molecule has 5 nitrogen and oxygen atoms in total. The number of anilines is 1. The lowest BCUT2D eigenvalue weighted by Crippen LogP contribution is -2.05. The van der Waals surface area contributed by atoms with Gasteiger partial charge in [0.1, 0.15) is 6.61 Å². The zero-order chi connectivity index (χ0) is 13.8. The van der Waals surface area contributed by atoms with E-state index < -0.39 is 0 Å². The third-order valence-corrected chi connectivity index (χ3v) is 5.17. The van der Waals surface area contributed by atoms with Crippen molar-refractivity contribution < 1.29 is 4.74 Å². The first-order valence-electron chi connectivity index (χ1n) is 6.88. The van der Waals surface area contributed by atoms with Crippen LogP contribution in [-0.2, 0) is 30.6 Å². The number of nitrogens with zero attached hydrogens (tertiary/aromatic N) is 3. The lowest BCUT2D eigenvalue weighted by atomic mass is 10.0. The topological polar surface area (TPSA) is 59.9 Å². The second-order valence-corrected chi connectivity index (χ2v) is 6.73. The molecule has 108 valence electrons. The Morgan fingerprint density at radius 1 is 1.25 bits per heavy atom. The van der Waals surface area contributed by atoms with Crippen LogP contribution in [0.15, 0.2) is 0 Å². The monoisotopic (exact) mass is 310 g/mol. The molecule has 0 bridgehead atoms. The van der Waals surface area contributed by atoms with Crippen LogP contribution in [0.3, 0.4) is 0 Å². The van der Waals surface area contributed by atoms with Crippen LogP contribution in [0.25, 0.3) is 0 Å². The number of fused-ring (bicyclic) bond motifs is 1. The molecule has 2 aromatic heterocycles. The molecule has 0 aliphatic heterocycles. The van der Waals surface area contributed by atoms with Gasteiger partial charge in [-0.05, 0) is 25.7 Å². The maximum Gasteiger partial charge on any atom is 0.202 e. The van der Waals surface area contributed by atoms with Crippen LogP contribution in [0, 0.1) is 0 Å². The van der Waals surface area contributed by atoms with E-state index in [4.69, 9.17) is 9.72 Å². The fraction of sp³-hybridized carbons (Fsp3) is 0.615. The van der Waals surface area contributed by atoms with Crippen molar-refractivity contribution in [1.82, 2.24) is 14.3 Å². The molecular formula is C13H18N4OS2. The number of methoxy groups -OCH3 is 1. The maximum absolute atomic E-state index is 5.01. The number of ether oxygens (including phenoxy) is 1. The lowest BCUT2D eigenvalue weighted by Gasteiger charge is -2.06. The van der Waals surface area contributed by atoms with Gasteiger partial charge >= 0.3 is 0 Å². The molecule has 0 unspecified atom stereocenters. The summed E-state index contributed by atoms with van der Waals surface area (Å²) < 4.78 is 9.22. The van der Waals surface area contributed by atoms with Crippen molar-refractivity contribution >= 4 is 28.0 Å². The predicted molar refractivity (Wildman–Crippen MR) is 81.6 cm³/mol. The van der Waals surface area contributed by atoms with E-state index in [1.165, 1.54) is 46.4 Å². The van der Waals surface area contributed by atoms with Crippen LogP contribution in [0.4, 0.5) is 5.13 Å². The van der Waals surface area contributed by atoms with Crippen molar-refractivity contribution in [2.24, 2.45) is 0 Å². The van der Waals surface area contributed by atoms with Gasteiger partial charge in [-0.2, -0.15) is 4.37 Å². The Balaban J connectivity index is 1.50. The molecule has 1 N–H and O–H groups in total. The van der Waals surface area contributed by atoms with Gasteiger partial charge in [0, 0.05) is 36.5 Å². The number of aryl methyl sites for hydroxylation is 2. The number of aromatic nitrogens is 3. The number of hydrogen-bond donors (Lipinski definition) is 1. The number of thiazole rings is 1. The largest absolute Gasteiger partial charge is 0.377 e. The summed E-state index contributed by atoms with van der Waals surface area (Å²) in [5, 5.41) is 5.41. The van der Waals surface area contributed by atoms with E-state index in [0.29, 0.717) is 6.61 Å². The standard InChI is InChI=1S/C13H18N4OS2/c1-18-8-11-16-13(20-17-11)14-7-6-12-15-9-4-2-3-5-10(9)19-12/h2-8H2,1H3,(H,14,16,17). The molecule has 2 aromatic rings. The molecule has 7 heteroatoms. The van der Waals surface area contributed by atoms with Gasteiger partial charge in [0.2, 0.25) is 5.13 Å². The smallest absolute Gasteiger partial charge is 0.202 e. The van der Waals surface area contributed by atoms with E-state index in [2.05, 4.69) is 14.7 Å². The van der Waals surface area contributed by atoms with E-state index in [9.17, 15) is 0 Å². The van der Waals surface area contributed by atoms with E-state index in [1.54, 1.807) is 7.11 Å². The molecule has 0 atom stereocenters. The number of hydrogen-bond acceptors (Lipinski definition) is 7. The van der Waals surface area contributed by atoms with Crippen LogP contribution < -0.4 is 5.32 Å². The Morgan fingerprint density at radius 3 is 3.00 bits per heavy atom. The van der Waals surface area contributed by atoms with Crippen LogP contribution in [-0.4, -0.2) is 28.0 Å². The van der Waals surface area contributed by atoms with Crippen molar-refractivity contribution in [3.05, 3.63) is 21.4 Å². The Labute approximate surface area is 126 Å². The summed E-state index contributed by atoms with van der Waals surface area (Å²) in [5.74, 6) is 0.740. The fourth-order valence-corrected chi connectivity index (χ4v) is 4.06. The molecule has 0 saturated heterocycles. The Morgan fingerprint density at radius 2 is 2.15 bits per heavy atom. The first-order chi connectivity index (χ1) is 9.85. The molecular weight excluding hydrogens is 292 g/mol. The second kappa shape index (κ2) is 6.60. The van der Waals surface area contributed by atoms with Gasteiger partial charge in [0.15, 0.2) is 5.82 Å². The van der Waals surface area contributed by atoms with Gasteiger partial charge in [-0.25, -0.2) is 9.97 Å². The molecule has 0 radical (unpaired) electrons. The van der Waals surface area contributed by atoms with Crippen molar-refractivity contribution in [3.8, 4) is 0 Å². The molecule has 3 rings (SSSR count). The van der Waals surface area contributed by atoms with E-state index >= 15 is 0 Å². The van der Waals surface area contributed by atoms with Gasteiger partial charge in [0.05, 0.1) is 10.7 Å². The Hall–Kier alpha value is -1.05. The van der Waals surface area contributed by atoms with Gasteiger partial charge < -0.3 is 10.1 Å². The highest BCUT2D eigenvalue weighted by atomic mass is 32.1. The molecule has 0 spiro atoms. The third-order valence-electron chi connectivity index (χ3n) is 3.25. The van der Waals surface area contributed by atoms with Crippen molar-refractivity contribution in [2.75, 3.05) is 19.0 Å². The SMILES string of the molecule is COCc1nsc(NCCc2nc3c(s2)CCCC3)n1. The third kappa shape index (κ3) is 3.34. The highest BCUT2D eigenvalue weighted by Gasteiger charge is 2.14. The highest BCUT2D eigenvalue weighted by Crippen LogP contribution is 2.26. The second-order valence-electron chi connectivity index (χ2n) is 4.81. The van der Waals surface area contributed by atoms with Gasteiger partial charge in [-0.15, -0.1) is 11.3 Å². The predicted octanol–water partition coefficient (Wildman–Crippen LogP) is 2.67. The summed E-state index contributed by atoms with van der Waals surface area (Å²) in [6.45, 7) is 1.32. The molecule has 0 aromatic carbocycles. The minimum atomic E-state index is 0.470. The van der Waals surface area contributed by atoms with E-state index in [1.807, 2.05) is 11.3 Å². The van der Waals surface area contributed by atoms with Crippen LogP contribution in [0.1, 0.15) is 34.2 Å². The molecule has 0 saturated carbocycles. The Bertz CT molecular complexity index is 543. The normalized spacial score (nSPS) is 14.2. The van der Waals surface area contributed by atoms with Crippen molar-refractivity contribution in [2.45, 2.75) is 38.7 Å². The van der Waals surface area contributed by atoms with E-state index in [0.717, 1.165) is 30.3 Å². The molecule has 1 aliphatic rings. The average Bonchev–Trinajstić information content (AvgIpc) is 3.05. The quantitative estimate of drug-likeness (QED) is 0.889. The Kier molecular flexibility index (Phi) is 4.59. The summed E-state index contributed by atoms with van der Waals surface area (Å²) in [6, 6.07) is 0. The molecule has 0 fully saturated rings. The molecule has 1 aliphatic carbocycles. The van der Waals surface area contributed by atoms with Crippen molar-refractivity contribution in [3.63, 3.8) is 0 Å². The minimum Gasteiger partial charge on any atom is -0.377 e. The average molecular weight is 310 g/mol. The lowest BCUT2D eigenvalue weighted by molar-refractivity contribution is 0.179. The van der Waals surface area contributed by atoms with E-state index in [-0.39, 0.29) is 0 Å². The maximum atomic E-state index is 5.01. The van der Waals surface area contributed by atoms with Gasteiger partial charge in [-0.3, -0.25) is 0 Å². The minimum absolute atomic E-state index is 0.470. The zero-order valence-corrected chi connectivity index (χ0v) is 13.1.